The average molecular weight is 347 g/mol. The van der Waals surface area contributed by atoms with Gasteiger partial charge in [0, 0.05) is 10.0 Å². The van der Waals surface area contributed by atoms with Gasteiger partial charge in [0.05, 0.1) is 23.6 Å². The Morgan fingerprint density at radius 1 is 1.10 bits per heavy atom. The molecule has 21 heavy (non-hydrogen) atoms. The summed E-state index contributed by atoms with van der Waals surface area (Å²) >= 11 is 3.34. The van der Waals surface area contributed by atoms with Crippen molar-refractivity contribution in [2.45, 2.75) is 6.04 Å². The first-order valence-corrected chi connectivity index (χ1v) is 7.13. The normalized spacial score (nSPS) is 12.3. The van der Waals surface area contributed by atoms with Gasteiger partial charge in [0.1, 0.15) is 5.82 Å². The fourth-order valence-corrected chi connectivity index (χ4v) is 2.77. The Balaban J connectivity index is 2.08. The van der Waals surface area contributed by atoms with Crippen LogP contribution in [0, 0.1) is 5.82 Å². The van der Waals surface area contributed by atoms with Crippen molar-refractivity contribution in [3.63, 3.8) is 0 Å². The molecule has 106 valence electrons. The molecule has 0 saturated heterocycles. The van der Waals surface area contributed by atoms with Gasteiger partial charge in [-0.05, 0) is 24.3 Å². The number of nitrogens with two attached hydrogens (primary N) is 1. The van der Waals surface area contributed by atoms with Crippen LogP contribution in [0.4, 0.5) is 4.39 Å². The van der Waals surface area contributed by atoms with E-state index in [-0.39, 0.29) is 5.82 Å². The summed E-state index contributed by atoms with van der Waals surface area (Å²) in [6.45, 7) is 0. The second kappa shape index (κ2) is 5.75. The van der Waals surface area contributed by atoms with Crippen LogP contribution in [0.15, 0.2) is 59.2 Å². The van der Waals surface area contributed by atoms with Crippen LogP contribution in [-0.4, -0.2) is 15.0 Å². The van der Waals surface area contributed by atoms with Gasteiger partial charge in [-0.1, -0.05) is 45.4 Å². The predicted octanol–water partition coefficient (Wildman–Crippen LogP) is 3.22. The van der Waals surface area contributed by atoms with Crippen LogP contribution in [0.1, 0.15) is 17.3 Å². The monoisotopic (exact) mass is 346 g/mol. The summed E-state index contributed by atoms with van der Waals surface area (Å²) in [5.41, 5.74) is 8.06. The molecule has 0 saturated carbocycles. The van der Waals surface area contributed by atoms with Crippen LogP contribution in [0.3, 0.4) is 0 Å². The Kier molecular flexibility index (Phi) is 3.81. The van der Waals surface area contributed by atoms with Crippen molar-refractivity contribution in [3.05, 3.63) is 76.3 Å². The Morgan fingerprint density at radius 2 is 1.86 bits per heavy atom. The first kappa shape index (κ1) is 13.9. The zero-order valence-corrected chi connectivity index (χ0v) is 12.5. The Morgan fingerprint density at radius 3 is 2.57 bits per heavy atom. The van der Waals surface area contributed by atoms with Crippen LogP contribution in [0.5, 0.6) is 0 Å². The molecule has 1 aromatic heterocycles. The molecule has 1 unspecified atom stereocenters. The van der Waals surface area contributed by atoms with Crippen molar-refractivity contribution in [1.29, 1.82) is 0 Å². The van der Waals surface area contributed by atoms with Gasteiger partial charge in [-0.25, -0.2) is 9.07 Å². The van der Waals surface area contributed by atoms with Crippen molar-refractivity contribution in [1.82, 2.24) is 15.0 Å². The molecule has 2 aromatic carbocycles. The Labute approximate surface area is 129 Å². The minimum atomic E-state index is -0.671. The molecular weight excluding hydrogens is 335 g/mol. The van der Waals surface area contributed by atoms with E-state index >= 15 is 0 Å². The number of benzene rings is 2. The molecule has 0 bridgehead atoms. The van der Waals surface area contributed by atoms with E-state index < -0.39 is 6.04 Å². The number of rotatable bonds is 3. The second-order valence-electron chi connectivity index (χ2n) is 4.52. The lowest BCUT2D eigenvalue weighted by Gasteiger charge is -2.16. The van der Waals surface area contributed by atoms with E-state index in [1.807, 2.05) is 30.3 Å². The van der Waals surface area contributed by atoms with E-state index in [9.17, 15) is 4.39 Å². The topological polar surface area (TPSA) is 56.7 Å². The Hall–Kier alpha value is -2.05. The zero-order valence-electron chi connectivity index (χ0n) is 10.9. The summed E-state index contributed by atoms with van der Waals surface area (Å²) < 4.78 is 16.3. The maximum Gasteiger partial charge on any atom is 0.129 e. The number of hydrogen-bond donors (Lipinski definition) is 1. The van der Waals surface area contributed by atoms with Gasteiger partial charge < -0.3 is 5.73 Å². The third-order valence-electron chi connectivity index (χ3n) is 3.21. The fourth-order valence-electron chi connectivity index (χ4n) is 2.18. The lowest BCUT2D eigenvalue weighted by atomic mass is 10.0. The summed E-state index contributed by atoms with van der Waals surface area (Å²) in [6.07, 6.45) is 1.55. The van der Waals surface area contributed by atoms with Gasteiger partial charge in [-0.15, -0.1) is 5.10 Å². The van der Waals surface area contributed by atoms with Gasteiger partial charge in [0.25, 0.3) is 0 Å². The third-order valence-corrected chi connectivity index (χ3v) is 3.90. The van der Waals surface area contributed by atoms with E-state index in [1.165, 1.54) is 6.07 Å². The van der Waals surface area contributed by atoms with Gasteiger partial charge >= 0.3 is 0 Å². The highest BCUT2D eigenvalue weighted by molar-refractivity contribution is 9.10. The van der Waals surface area contributed by atoms with Crippen molar-refractivity contribution in [2.75, 3.05) is 0 Å². The van der Waals surface area contributed by atoms with E-state index in [1.54, 1.807) is 23.0 Å². The predicted molar refractivity (Wildman–Crippen MR) is 81.5 cm³/mol. The number of aromatic nitrogens is 3. The molecule has 3 aromatic rings. The van der Waals surface area contributed by atoms with Crippen LogP contribution in [0.25, 0.3) is 5.69 Å². The third kappa shape index (κ3) is 2.59. The molecule has 6 heteroatoms. The molecule has 0 fully saturated rings. The van der Waals surface area contributed by atoms with Gasteiger partial charge in [0.2, 0.25) is 0 Å². The van der Waals surface area contributed by atoms with Crippen molar-refractivity contribution in [2.24, 2.45) is 5.73 Å². The highest BCUT2D eigenvalue weighted by Gasteiger charge is 2.21. The molecule has 0 aliphatic heterocycles. The van der Waals surface area contributed by atoms with E-state index in [2.05, 4.69) is 26.2 Å². The molecule has 0 aliphatic carbocycles. The quantitative estimate of drug-likeness (QED) is 0.792. The van der Waals surface area contributed by atoms with Crippen LogP contribution < -0.4 is 5.73 Å². The van der Waals surface area contributed by atoms with Crippen LogP contribution >= 0.6 is 15.9 Å². The fraction of sp³-hybridized carbons (Fsp3) is 0.0667. The minimum absolute atomic E-state index is 0.363. The van der Waals surface area contributed by atoms with Gasteiger partial charge in [-0.3, -0.25) is 0 Å². The largest absolute Gasteiger partial charge is 0.319 e. The maximum atomic E-state index is 14.1. The van der Waals surface area contributed by atoms with Crippen LogP contribution in [0.2, 0.25) is 0 Å². The lowest BCUT2D eigenvalue weighted by molar-refractivity contribution is 0.590. The average Bonchev–Trinajstić information content (AvgIpc) is 2.97. The van der Waals surface area contributed by atoms with Gasteiger partial charge in [-0.2, -0.15) is 0 Å². The number of halogens is 2. The second-order valence-corrected chi connectivity index (χ2v) is 5.37. The first-order chi connectivity index (χ1) is 10.2. The molecular formula is C15H12BrFN4. The molecule has 0 aliphatic rings. The number of para-hydroxylation sites is 1. The molecule has 0 amide bonds. The van der Waals surface area contributed by atoms with Crippen molar-refractivity contribution >= 4 is 15.9 Å². The standard InChI is InChI=1S/C15H12BrFN4/c16-11-7-4-8-12(17)14(11)15(18)13-9-19-20-21(13)10-5-2-1-3-6-10/h1-9,15H,18H2. The molecule has 4 nitrogen and oxygen atoms in total. The summed E-state index contributed by atoms with van der Waals surface area (Å²) in [7, 11) is 0. The van der Waals surface area contributed by atoms with Crippen molar-refractivity contribution in [3.8, 4) is 5.69 Å². The molecule has 1 heterocycles. The molecule has 0 radical (unpaired) electrons. The number of hydrogen-bond acceptors (Lipinski definition) is 3. The van der Waals surface area contributed by atoms with E-state index in [0.29, 0.717) is 15.7 Å². The highest BCUT2D eigenvalue weighted by Crippen LogP contribution is 2.29. The molecule has 1 atom stereocenters. The van der Waals surface area contributed by atoms with Crippen molar-refractivity contribution < 1.29 is 4.39 Å². The molecule has 3 rings (SSSR count). The summed E-state index contributed by atoms with van der Waals surface area (Å²) in [5, 5.41) is 7.94. The zero-order chi connectivity index (χ0) is 14.8. The van der Waals surface area contributed by atoms with E-state index in [0.717, 1.165) is 5.69 Å². The van der Waals surface area contributed by atoms with E-state index in [4.69, 9.17) is 5.73 Å². The molecule has 0 spiro atoms. The molecule has 2 N–H and O–H groups in total. The summed E-state index contributed by atoms with van der Waals surface area (Å²) in [5.74, 6) is -0.363. The SMILES string of the molecule is NC(c1c(F)cccc1Br)c1cnnn1-c1ccccc1. The van der Waals surface area contributed by atoms with Crippen LogP contribution in [-0.2, 0) is 0 Å². The smallest absolute Gasteiger partial charge is 0.129 e. The Bertz CT molecular complexity index is 737. The summed E-state index contributed by atoms with van der Waals surface area (Å²) in [6, 6.07) is 13.6. The highest BCUT2D eigenvalue weighted by atomic mass is 79.9. The summed E-state index contributed by atoms with van der Waals surface area (Å²) in [4.78, 5) is 0. The lowest BCUT2D eigenvalue weighted by Crippen LogP contribution is -2.18. The minimum Gasteiger partial charge on any atom is -0.319 e. The maximum absolute atomic E-state index is 14.1. The number of nitrogens with zero attached hydrogens (tertiary/aromatic N) is 3. The van der Waals surface area contributed by atoms with Gasteiger partial charge in [0.15, 0.2) is 0 Å². The first-order valence-electron chi connectivity index (χ1n) is 6.34.